The number of imidazole rings is 1. The summed E-state index contributed by atoms with van der Waals surface area (Å²) in [6, 6.07) is 16.9. The predicted molar refractivity (Wildman–Crippen MR) is 122 cm³/mol. The van der Waals surface area contributed by atoms with Crippen LogP contribution in [0.4, 0.5) is 4.39 Å². The normalized spacial score (nSPS) is 10.7. The molecule has 1 aromatic heterocycles. The van der Waals surface area contributed by atoms with Crippen molar-refractivity contribution >= 4 is 29.2 Å². The van der Waals surface area contributed by atoms with Crippen LogP contribution in [-0.4, -0.2) is 47.2 Å². The van der Waals surface area contributed by atoms with E-state index in [2.05, 4.69) is 9.97 Å². The maximum absolute atomic E-state index is 13.9. The summed E-state index contributed by atoms with van der Waals surface area (Å²) in [5.41, 5.74) is 4.42. The molecule has 4 rings (SSSR count). The van der Waals surface area contributed by atoms with Crippen LogP contribution in [0, 0.1) is 16.6 Å². The molecule has 7 nitrogen and oxygen atoms in total. The van der Waals surface area contributed by atoms with Crippen molar-refractivity contribution in [2.45, 2.75) is 0 Å². The molecule has 4 aromatic rings. The van der Waals surface area contributed by atoms with Crippen LogP contribution in [-0.2, 0) is 4.74 Å². The van der Waals surface area contributed by atoms with E-state index in [1.54, 1.807) is 31.3 Å². The Balaban J connectivity index is 1.78. The minimum atomic E-state index is -0.457. The SMILES string of the molecule is COC(=O)c1ccc2[nH]c(-c3cccc(-c4ccc(F)cc4C(=N)N(C)C=N)c3)nc2c1. The van der Waals surface area contributed by atoms with E-state index in [1.165, 1.54) is 24.1 Å². The van der Waals surface area contributed by atoms with Gasteiger partial charge in [-0.3, -0.25) is 10.8 Å². The van der Waals surface area contributed by atoms with Crippen molar-refractivity contribution in [1.29, 1.82) is 10.8 Å². The molecule has 8 heteroatoms. The van der Waals surface area contributed by atoms with Crippen LogP contribution in [0.2, 0.25) is 0 Å². The molecule has 0 aliphatic rings. The molecule has 32 heavy (non-hydrogen) atoms. The standard InChI is InChI=1S/C24H20FN5O2/c1-30(13-26)22(27)19-12-17(25)7-8-18(19)14-4-3-5-15(10-14)23-28-20-9-6-16(24(31)32-2)11-21(20)29-23/h3-13,26-27H,1-2H3,(H,28,29). The molecule has 0 aliphatic heterocycles. The summed E-state index contributed by atoms with van der Waals surface area (Å²) < 4.78 is 18.7. The summed E-state index contributed by atoms with van der Waals surface area (Å²) >= 11 is 0. The number of esters is 1. The van der Waals surface area contributed by atoms with Crippen molar-refractivity contribution < 1.29 is 13.9 Å². The molecule has 0 aliphatic carbocycles. The maximum atomic E-state index is 13.9. The average molecular weight is 429 g/mol. The number of hydrogen-bond donors (Lipinski definition) is 3. The lowest BCUT2D eigenvalue weighted by molar-refractivity contribution is 0.0601. The Morgan fingerprint density at radius 3 is 2.66 bits per heavy atom. The van der Waals surface area contributed by atoms with Crippen LogP contribution >= 0.6 is 0 Å². The van der Waals surface area contributed by atoms with Gasteiger partial charge in [-0.05, 0) is 47.5 Å². The Morgan fingerprint density at radius 1 is 1.12 bits per heavy atom. The van der Waals surface area contributed by atoms with Crippen LogP contribution < -0.4 is 0 Å². The van der Waals surface area contributed by atoms with E-state index in [1.807, 2.05) is 24.3 Å². The fraction of sp³-hybridized carbons (Fsp3) is 0.0833. The number of carbonyl (C=O) groups excluding carboxylic acids is 1. The molecule has 160 valence electrons. The van der Waals surface area contributed by atoms with Gasteiger partial charge in [0.05, 0.1) is 30.0 Å². The van der Waals surface area contributed by atoms with Crippen LogP contribution in [0.3, 0.4) is 0 Å². The first-order chi connectivity index (χ1) is 15.4. The number of carbonyl (C=O) groups is 1. The average Bonchev–Trinajstić information content (AvgIpc) is 3.26. The molecule has 0 unspecified atom stereocenters. The number of H-pyrrole nitrogens is 1. The van der Waals surface area contributed by atoms with Crippen molar-refractivity contribution in [2.75, 3.05) is 14.2 Å². The Hall–Kier alpha value is -4.33. The predicted octanol–water partition coefficient (Wildman–Crippen LogP) is 4.69. The van der Waals surface area contributed by atoms with E-state index < -0.39 is 11.8 Å². The highest BCUT2D eigenvalue weighted by atomic mass is 19.1. The van der Waals surface area contributed by atoms with Gasteiger partial charge >= 0.3 is 5.97 Å². The second-order valence-electron chi connectivity index (χ2n) is 7.17. The van der Waals surface area contributed by atoms with E-state index >= 15 is 0 Å². The van der Waals surface area contributed by atoms with Gasteiger partial charge in [0.2, 0.25) is 0 Å². The third kappa shape index (κ3) is 3.85. The highest BCUT2D eigenvalue weighted by Crippen LogP contribution is 2.30. The molecule has 0 saturated carbocycles. The van der Waals surface area contributed by atoms with Crippen LogP contribution in [0.5, 0.6) is 0 Å². The molecule has 0 saturated heterocycles. The molecule has 0 amide bonds. The zero-order valence-electron chi connectivity index (χ0n) is 17.4. The molecule has 0 atom stereocenters. The first kappa shape index (κ1) is 20.9. The Morgan fingerprint density at radius 2 is 1.91 bits per heavy atom. The maximum Gasteiger partial charge on any atom is 0.337 e. The number of nitrogens with one attached hydrogen (secondary N) is 3. The molecule has 3 N–H and O–H groups in total. The van der Waals surface area contributed by atoms with Gasteiger partial charge in [0, 0.05) is 18.2 Å². The minimum absolute atomic E-state index is 0.0129. The monoisotopic (exact) mass is 429 g/mol. The molecule has 0 spiro atoms. The van der Waals surface area contributed by atoms with Crippen molar-refractivity contribution in [2.24, 2.45) is 0 Å². The van der Waals surface area contributed by atoms with E-state index in [0.29, 0.717) is 28.0 Å². The van der Waals surface area contributed by atoms with Crippen molar-refractivity contribution in [3.05, 3.63) is 77.6 Å². The van der Waals surface area contributed by atoms with Crippen molar-refractivity contribution in [3.63, 3.8) is 0 Å². The summed E-state index contributed by atoms with van der Waals surface area (Å²) in [6.45, 7) is 0. The van der Waals surface area contributed by atoms with E-state index in [-0.39, 0.29) is 5.84 Å². The van der Waals surface area contributed by atoms with E-state index in [9.17, 15) is 9.18 Å². The van der Waals surface area contributed by atoms with Crippen LogP contribution in [0.1, 0.15) is 15.9 Å². The minimum Gasteiger partial charge on any atom is -0.465 e. The zero-order chi connectivity index (χ0) is 22.8. The van der Waals surface area contributed by atoms with Crippen LogP contribution in [0.25, 0.3) is 33.5 Å². The fourth-order valence-corrected chi connectivity index (χ4v) is 3.44. The van der Waals surface area contributed by atoms with Gasteiger partial charge in [0.15, 0.2) is 0 Å². The number of fused-ring (bicyclic) bond motifs is 1. The van der Waals surface area contributed by atoms with Gasteiger partial charge in [-0.1, -0.05) is 24.3 Å². The molecular weight excluding hydrogens is 409 g/mol. The van der Waals surface area contributed by atoms with E-state index in [4.69, 9.17) is 15.6 Å². The van der Waals surface area contributed by atoms with Gasteiger partial charge in [0.1, 0.15) is 17.5 Å². The second-order valence-corrected chi connectivity index (χ2v) is 7.17. The third-order valence-electron chi connectivity index (χ3n) is 5.13. The highest BCUT2D eigenvalue weighted by molar-refractivity contribution is 6.06. The quantitative estimate of drug-likeness (QED) is 0.243. The van der Waals surface area contributed by atoms with Gasteiger partial charge in [-0.15, -0.1) is 0 Å². The number of hydrogen-bond acceptors (Lipinski definition) is 5. The largest absolute Gasteiger partial charge is 0.465 e. The number of aromatic amines is 1. The summed E-state index contributed by atoms with van der Waals surface area (Å²) in [7, 11) is 2.90. The van der Waals surface area contributed by atoms with Gasteiger partial charge in [-0.2, -0.15) is 0 Å². The number of halogens is 1. The lowest BCUT2D eigenvalue weighted by Gasteiger charge is -2.17. The number of nitrogens with zero attached hydrogens (tertiary/aromatic N) is 2. The molecule has 1 heterocycles. The smallest absolute Gasteiger partial charge is 0.337 e. The summed E-state index contributed by atoms with van der Waals surface area (Å²) in [5, 5.41) is 15.7. The number of amidine groups is 1. The first-order valence-corrected chi connectivity index (χ1v) is 9.72. The van der Waals surface area contributed by atoms with Crippen LogP contribution in [0.15, 0.2) is 60.7 Å². The number of rotatable bonds is 5. The topological polar surface area (TPSA) is 106 Å². The molecule has 0 bridgehead atoms. The van der Waals surface area contributed by atoms with E-state index in [0.717, 1.165) is 23.0 Å². The van der Waals surface area contributed by atoms with Gasteiger partial charge in [0.25, 0.3) is 0 Å². The summed E-state index contributed by atoms with van der Waals surface area (Å²) in [4.78, 5) is 20.9. The number of methoxy groups -OCH3 is 1. The lowest BCUT2D eigenvalue weighted by Crippen LogP contribution is -2.25. The lowest BCUT2D eigenvalue weighted by atomic mass is 9.97. The third-order valence-corrected chi connectivity index (χ3v) is 5.13. The molecular formula is C24H20FN5O2. The first-order valence-electron chi connectivity index (χ1n) is 9.72. The fourth-order valence-electron chi connectivity index (χ4n) is 3.44. The Labute approximate surface area is 183 Å². The van der Waals surface area contributed by atoms with Gasteiger partial charge < -0.3 is 14.6 Å². The van der Waals surface area contributed by atoms with Gasteiger partial charge in [-0.25, -0.2) is 14.2 Å². The highest BCUT2D eigenvalue weighted by Gasteiger charge is 2.15. The zero-order valence-corrected chi connectivity index (χ0v) is 17.4. The number of aromatic nitrogens is 2. The number of benzene rings is 3. The summed E-state index contributed by atoms with van der Waals surface area (Å²) in [6.07, 6.45) is 1.00. The number of ether oxygens (including phenoxy) is 1. The molecule has 0 radical (unpaired) electrons. The molecule has 3 aromatic carbocycles. The summed E-state index contributed by atoms with van der Waals surface area (Å²) in [5.74, 6) is -0.264. The van der Waals surface area contributed by atoms with Crippen molar-refractivity contribution in [3.8, 4) is 22.5 Å². The Kier molecular flexibility index (Phi) is 5.51. The Bertz CT molecular complexity index is 1360. The second kappa shape index (κ2) is 8.43. The van der Waals surface area contributed by atoms with Crippen molar-refractivity contribution in [1.82, 2.24) is 14.9 Å². The molecule has 0 fully saturated rings.